The van der Waals surface area contributed by atoms with Crippen molar-refractivity contribution in [1.82, 2.24) is 20.2 Å². The van der Waals surface area contributed by atoms with E-state index in [1.54, 1.807) is 7.05 Å². The summed E-state index contributed by atoms with van der Waals surface area (Å²) in [6, 6.07) is 0. The molecule has 8 heavy (non-hydrogen) atoms. The Bertz CT molecular complexity index is 193. The molecule has 0 aliphatic carbocycles. The van der Waals surface area contributed by atoms with Crippen LogP contribution in [-0.2, 0) is 7.05 Å². The van der Waals surface area contributed by atoms with Crippen LogP contribution in [0.4, 0.5) is 0 Å². The van der Waals surface area contributed by atoms with Crippen molar-refractivity contribution in [2.75, 3.05) is 0 Å². The van der Waals surface area contributed by atoms with Crippen molar-refractivity contribution in [3.63, 3.8) is 0 Å². The number of aldehydes is 1. The average molecular weight is 112 g/mol. The first-order chi connectivity index (χ1) is 3.84. The van der Waals surface area contributed by atoms with Crippen LogP contribution in [-0.4, -0.2) is 26.5 Å². The fourth-order valence-corrected chi connectivity index (χ4v) is 0.336. The van der Waals surface area contributed by atoms with Gasteiger partial charge in [0.2, 0.25) is 5.82 Å². The second-order valence-electron chi connectivity index (χ2n) is 1.28. The number of rotatable bonds is 1. The Balaban J connectivity index is 3.09. The number of nitrogens with zero attached hydrogens (tertiary/aromatic N) is 4. The fourth-order valence-electron chi connectivity index (χ4n) is 0.336. The van der Waals surface area contributed by atoms with Gasteiger partial charge in [-0.1, -0.05) is 0 Å². The van der Waals surface area contributed by atoms with Crippen LogP contribution < -0.4 is 0 Å². The van der Waals surface area contributed by atoms with E-state index >= 15 is 0 Å². The van der Waals surface area contributed by atoms with E-state index in [9.17, 15) is 4.79 Å². The van der Waals surface area contributed by atoms with Crippen LogP contribution in [0.5, 0.6) is 0 Å². The third-order valence-electron chi connectivity index (χ3n) is 0.758. The van der Waals surface area contributed by atoms with Crippen LogP contribution in [0.3, 0.4) is 0 Å². The van der Waals surface area contributed by atoms with Crippen molar-refractivity contribution in [1.29, 1.82) is 0 Å². The van der Waals surface area contributed by atoms with Crippen molar-refractivity contribution in [2.24, 2.45) is 7.05 Å². The maximum atomic E-state index is 9.93. The molecule has 1 aromatic heterocycles. The van der Waals surface area contributed by atoms with Gasteiger partial charge in [-0.25, -0.2) is 4.68 Å². The summed E-state index contributed by atoms with van der Waals surface area (Å²) in [5.74, 6) is 0.241. The Morgan fingerprint density at radius 1 is 1.75 bits per heavy atom. The van der Waals surface area contributed by atoms with Gasteiger partial charge in [-0.15, -0.1) is 5.10 Å². The molecule has 0 saturated heterocycles. The van der Waals surface area contributed by atoms with Crippen LogP contribution in [0.25, 0.3) is 0 Å². The number of hydrogen-bond acceptors (Lipinski definition) is 4. The molecule has 1 rings (SSSR count). The molecule has 0 atom stereocenters. The number of aryl methyl sites for hydroxylation is 1. The molecule has 0 radical (unpaired) electrons. The van der Waals surface area contributed by atoms with Crippen molar-refractivity contribution >= 4 is 6.29 Å². The van der Waals surface area contributed by atoms with Crippen LogP contribution >= 0.6 is 0 Å². The highest BCUT2D eigenvalue weighted by molar-refractivity contribution is 5.68. The fraction of sp³-hybridized carbons (Fsp3) is 0.333. The molecule has 1 heterocycles. The van der Waals surface area contributed by atoms with E-state index in [4.69, 9.17) is 0 Å². The molecule has 0 bridgehead atoms. The third kappa shape index (κ3) is 0.575. The molecule has 0 N–H and O–H groups in total. The van der Waals surface area contributed by atoms with Gasteiger partial charge in [0.1, 0.15) is 0 Å². The number of tetrazole rings is 1. The lowest BCUT2D eigenvalue weighted by molar-refractivity contribution is 0.111. The summed E-state index contributed by atoms with van der Waals surface area (Å²) in [7, 11) is 1.60. The zero-order valence-electron chi connectivity index (χ0n) is 4.27. The SMILES string of the molecule is Cn1nnnc1C=O. The van der Waals surface area contributed by atoms with Crippen LogP contribution in [0.1, 0.15) is 10.6 Å². The Kier molecular flexibility index (Phi) is 1.03. The normalized spacial score (nSPS) is 9.12. The lowest BCUT2D eigenvalue weighted by Crippen LogP contribution is -1.96. The summed E-state index contributed by atoms with van der Waals surface area (Å²) in [6.45, 7) is 0. The Hall–Kier alpha value is -1.26. The van der Waals surface area contributed by atoms with E-state index in [0.717, 1.165) is 0 Å². The number of carbonyl (C=O) groups excluding carboxylic acids is 1. The van der Waals surface area contributed by atoms with Crippen molar-refractivity contribution < 1.29 is 4.79 Å². The highest BCUT2D eigenvalue weighted by atomic mass is 16.1. The monoisotopic (exact) mass is 112 g/mol. The molecule has 1 aromatic rings. The first-order valence-corrected chi connectivity index (χ1v) is 2.02. The summed E-state index contributed by atoms with van der Waals surface area (Å²) >= 11 is 0. The van der Waals surface area contributed by atoms with Gasteiger partial charge in [0.05, 0.1) is 0 Å². The van der Waals surface area contributed by atoms with E-state index in [0.29, 0.717) is 6.29 Å². The molecule has 0 saturated carbocycles. The van der Waals surface area contributed by atoms with E-state index in [-0.39, 0.29) is 5.82 Å². The maximum absolute atomic E-state index is 9.93. The molecule has 0 amide bonds. The molecule has 42 valence electrons. The molecule has 0 fully saturated rings. The van der Waals surface area contributed by atoms with E-state index in [1.165, 1.54) is 4.68 Å². The van der Waals surface area contributed by atoms with Gasteiger partial charge in [-0.2, -0.15) is 0 Å². The minimum atomic E-state index is 0.241. The van der Waals surface area contributed by atoms with Crippen molar-refractivity contribution in [3.8, 4) is 0 Å². The van der Waals surface area contributed by atoms with Gasteiger partial charge in [0, 0.05) is 7.05 Å². The molecular weight excluding hydrogens is 108 g/mol. The predicted octanol–water partition coefficient (Wildman–Crippen LogP) is -0.977. The topological polar surface area (TPSA) is 60.7 Å². The Morgan fingerprint density at radius 3 is 2.75 bits per heavy atom. The molecule has 0 aliphatic rings. The van der Waals surface area contributed by atoms with E-state index in [2.05, 4.69) is 15.5 Å². The van der Waals surface area contributed by atoms with Crippen molar-refractivity contribution in [2.45, 2.75) is 0 Å². The largest absolute Gasteiger partial charge is 0.294 e. The highest BCUT2D eigenvalue weighted by Gasteiger charge is 1.94. The number of aromatic nitrogens is 4. The van der Waals surface area contributed by atoms with E-state index < -0.39 is 0 Å². The Labute approximate surface area is 45.3 Å². The summed E-state index contributed by atoms with van der Waals surface area (Å²) < 4.78 is 1.30. The zero-order valence-corrected chi connectivity index (χ0v) is 4.27. The summed E-state index contributed by atoms with van der Waals surface area (Å²) in [5, 5.41) is 10.0. The van der Waals surface area contributed by atoms with Gasteiger partial charge in [0.25, 0.3) is 0 Å². The molecule has 0 aromatic carbocycles. The average Bonchev–Trinajstić information content (AvgIpc) is 2.14. The van der Waals surface area contributed by atoms with Crippen LogP contribution in [0, 0.1) is 0 Å². The highest BCUT2D eigenvalue weighted by Crippen LogP contribution is 1.77. The zero-order chi connectivity index (χ0) is 5.98. The second kappa shape index (κ2) is 1.69. The lowest BCUT2D eigenvalue weighted by Gasteiger charge is -1.80. The smallest absolute Gasteiger partial charge is 0.214 e. The van der Waals surface area contributed by atoms with Crippen LogP contribution in [0.2, 0.25) is 0 Å². The predicted molar refractivity (Wildman–Crippen MR) is 24.2 cm³/mol. The van der Waals surface area contributed by atoms with Gasteiger partial charge in [-0.05, 0) is 10.4 Å². The standard InChI is InChI=1S/C3H4N4O/c1-7-3(2-8)4-5-6-7/h2H,1H3. The Morgan fingerprint density at radius 2 is 2.50 bits per heavy atom. The second-order valence-corrected chi connectivity index (χ2v) is 1.28. The summed E-state index contributed by atoms with van der Waals surface area (Å²) in [5.41, 5.74) is 0. The minimum Gasteiger partial charge on any atom is -0.294 e. The number of carbonyl (C=O) groups is 1. The van der Waals surface area contributed by atoms with Gasteiger partial charge < -0.3 is 0 Å². The molecule has 5 nitrogen and oxygen atoms in total. The molecule has 0 spiro atoms. The van der Waals surface area contributed by atoms with Crippen LogP contribution in [0.15, 0.2) is 0 Å². The first kappa shape index (κ1) is 4.89. The van der Waals surface area contributed by atoms with Crippen molar-refractivity contribution in [3.05, 3.63) is 5.82 Å². The maximum Gasteiger partial charge on any atom is 0.214 e. The third-order valence-corrected chi connectivity index (χ3v) is 0.758. The quantitative estimate of drug-likeness (QED) is 0.438. The van der Waals surface area contributed by atoms with E-state index in [1.807, 2.05) is 0 Å². The van der Waals surface area contributed by atoms with Gasteiger partial charge in [-0.3, -0.25) is 4.79 Å². The summed E-state index contributed by atoms with van der Waals surface area (Å²) in [6.07, 6.45) is 0.597. The lowest BCUT2D eigenvalue weighted by atomic mass is 10.7. The molecular formula is C3H4N4O. The molecule has 0 unspecified atom stereocenters. The number of hydrogen-bond donors (Lipinski definition) is 0. The summed E-state index contributed by atoms with van der Waals surface area (Å²) in [4.78, 5) is 9.93. The van der Waals surface area contributed by atoms with Gasteiger partial charge in [0.15, 0.2) is 6.29 Å². The molecule has 0 aliphatic heterocycles. The van der Waals surface area contributed by atoms with Gasteiger partial charge >= 0.3 is 0 Å². The molecule has 5 heteroatoms. The first-order valence-electron chi connectivity index (χ1n) is 2.02. The minimum absolute atomic E-state index is 0.241.